The van der Waals surface area contributed by atoms with Crippen LogP contribution in [0.4, 0.5) is 4.39 Å². The third-order valence-electron chi connectivity index (χ3n) is 4.03. The number of thiazole rings is 1. The van der Waals surface area contributed by atoms with Gasteiger partial charge < -0.3 is 5.32 Å². The Hall–Kier alpha value is -2.21. The first-order valence-electron chi connectivity index (χ1n) is 7.18. The molecule has 1 aliphatic rings. The summed E-state index contributed by atoms with van der Waals surface area (Å²) < 4.78 is 15.6. The summed E-state index contributed by atoms with van der Waals surface area (Å²) in [6.07, 6.45) is 5.46. The first-order chi connectivity index (χ1) is 10.7. The molecule has 4 nitrogen and oxygen atoms in total. The van der Waals surface area contributed by atoms with Crippen LogP contribution in [-0.2, 0) is 17.6 Å². The zero-order chi connectivity index (χ0) is 15.1. The normalized spacial score (nSPS) is 16.9. The van der Waals surface area contributed by atoms with Crippen molar-refractivity contribution in [2.45, 2.75) is 25.3 Å². The van der Waals surface area contributed by atoms with Crippen LogP contribution >= 0.6 is 11.3 Å². The molecule has 4 rings (SSSR count). The number of nitrogens with zero attached hydrogens (tertiary/aromatic N) is 2. The maximum absolute atomic E-state index is 13.7. The fraction of sp³-hybridized carbons (Fsp3) is 0.250. The van der Waals surface area contributed by atoms with Gasteiger partial charge in [0.1, 0.15) is 5.82 Å². The molecule has 0 bridgehead atoms. The number of benzene rings is 1. The number of hydrogen-bond donors (Lipinski definition) is 1. The number of carbonyl (C=O) groups excluding carboxylic acids is 1. The number of nitrogens with one attached hydrogen (secondary N) is 1. The lowest BCUT2D eigenvalue weighted by molar-refractivity contribution is -0.121. The highest BCUT2D eigenvalue weighted by Gasteiger charge is 2.26. The van der Waals surface area contributed by atoms with Crippen molar-refractivity contribution in [2.24, 2.45) is 0 Å². The van der Waals surface area contributed by atoms with Gasteiger partial charge in [-0.25, -0.2) is 9.37 Å². The molecule has 0 aliphatic heterocycles. The Morgan fingerprint density at radius 1 is 1.50 bits per heavy atom. The molecular weight excluding hydrogens is 301 g/mol. The van der Waals surface area contributed by atoms with Gasteiger partial charge in [0.2, 0.25) is 5.91 Å². The van der Waals surface area contributed by atoms with E-state index in [-0.39, 0.29) is 24.2 Å². The van der Waals surface area contributed by atoms with Crippen molar-refractivity contribution in [3.05, 3.63) is 58.6 Å². The monoisotopic (exact) mass is 315 g/mol. The van der Waals surface area contributed by atoms with E-state index in [0.29, 0.717) is 6.42 Å². The standard InChI is InChI=1S/C16H14FN3OS/c17-13-3-1-2-12-11(13)4-5-14(12)19-15(21)8-10-9-20-6-7-22-16(20)18-10/h1-3,6-7,9,14H,4-5,8H2,(H,19,21). The number of rotatable bonds is 3. The van der Waals surface area contributed by atoms with Crippen LogP contribution in [0.2, 0.25) is 0 Å². The molecule has 1 aliphatic carbocycles. The molecule has 2 heterocycles. The molecule has 1 unspecified atom stereocenters. The predicted octanol–water partition coefficient (Wildman–Crippen LogP) is 2.88. The Balaban J connectivity index is 1.47. The second-order valence-electron chi connectivity index (χ2n) is 5.47. The predicted molar refractivity (Wildman–Crippen MR) is 82.4 cm³/mol. The van der Waals surface area contributed by atoms with Crippen molar-refractivity contribution in [2.75, 3.05) is 0 Å². The fourth-order valence-corrected chi connectivity index (χ4v) is 3.75. The van der Waals surface area contributed by atoms with Crippen molar-refractivity contribution >= 4 is 22.2 Å². The molecule has 0 saturated carbocycles. The van der Waals surface area contributed by atoms with E-state index in [4.69, 9.17) is 0 Å². The maximum atomic E-state index is 13.7. The topological polar surface area (TPSA) is 46.4 Å². The summed E-state index contributed by atoms with van der Waals surface area (Å²) in [5.41, 5.74) is 2.39. The van der Waals surface area contributed by atoms with Crippen LogP contribution in [0, 0.1) is 5.82 Å². The SMILES string of the molecule is O=C(Cc1cn2ccsc2n1)NC1CCc2c(F)cccc21. The summed E-state index contributed by atoms with van der Waals surface area (Å²) >= 11 is 1.54. The van der Waals surface area contributed by atoms with E-state index in [2.05, 4.69) is 10.3 Å². The quantitative estimate of drug-likeness (QED) is 0.808. The number of carbonyl (C=O) groups is 1. The molecule has 1 atom stereocenters. The Bertz CT molecular complexity index is 826. The van der Waals surface area contributed by atoms with Crippen LogP contribution in [0.3, 0.4) is 0 Å². The minimum absolute atomic E-state index is 0.0761. The molecule has 1 N–H and O–H groups in total. The van der Waals surface area contributed by atoms with Gasteiger partial charge in [-0.3, -0.25) is 9.20 Å². The second-order valence-corrected chi connectivity index (χ2v) is 6.34. The van der Waals surface area contributed by atoms with E-state index in [1.54, 1.807) is 6.07 Å². The molecule has 6 heteroatoms. The van der Waals surface area contributed by atoms with E-state index in [1.165, 1.54) is 17.4 Å². The number of amides is 1. The summed E-state index contributed by atoms with van der Waals surface area (Å²) in [7, 11) is 0. The zero-order valence-electron chi connectivity index (χ0n) is 11.8. The lowest BCUT2D eigenvalue weighted by Gasteiger charge is -2.13. The lowest BCUT2D eigenvalue weighted by atomic mass is 10.1. The Kier molecular flexibility index (Phi) is 3.18. The largest absolute Gasteiger partial charge is 0.349 e. The minimum atomic E-state index is -0.177. The van der Waals surface area contributed by atoms with Gasteiger partial charge in [-0.2, -0.15) is 0 Å². The summed E-state index contributed by atoms with van der Waals surface area (Å²) in [6.45, 7) is 0. The Morgan fingerprint density at radius 2 is 2.41 bits per heavy atom. The zero-order valence-corrected chi connectivity index (χ0v) is 12.6. The fourth-order valence-electron chi connectivity index (χ4n) is 3.03. The van der Waals surface area contributed by atoms with Crippen molar-refractivity contribution in [1.29, 1.82) is 0 Å². The van der Waals surface area contributed by atoms with E-state index in [1.807, 2.05) is 28.2 Å². The third-order valence-corrected chi connectivity index (χ3v) is 4.80. The average Bonchev–Trinajstić information content (AvgIpc) is 3.14. The highest BCUT2D eigenvalue weighted by Crippen LogP contribution is 2.32. The highest BCUT2D eigenvalue weighted by atomic mass is 32.1. The summed E-state index contributed by atoms with van der Waals surface area (Å²) in [5.74, 6) is -0.253. The van der Waals surface area contributed by atoms with Crippen molar-refractivity contribution in [3.8, 4) is 0 Å². The molecular formula is C16H14FN3OS. The number of aromatic nitrogens is 2. The molecule has 0 fully saturated rings. The molecule has 112 valence electrons. The van der Waals surface area contributed by atoms with E-state index < -0.39 is 0 Å². The van der Waals surface area contributed by atoms with Gasteiger partial charge in [-0.1, -0.05) is 12.1 Å². The lowest BCUT2D eigenvalue weighted by Crippen LogP contribution is -2.28. The third kappa shape index (κ3) is 2.29. The summed E-state index contributed by atoms with van der Waals surface area (Å²) in [4.78, 5) is 17.5. The van der Waals surface area contributed by atoms with Crippen molar-refractivity contribution in [3.63, 3.8) is 0 Å². The molecule has 22 heavy (non-hydrogen) atoms. The van der Waals surface area contributed by atoms with Crippen LogP contribution in [0.25, 0.3) is 4.96 Å². The van der Waals surface area contributed by atoms with Gasteiger partial charge in [0.05, 0.1) is 18.2 Å². The summed E-state index contributed by atoms with van der Waals surface area (Å²) in [6, 6.07) is 4.97. The molecule has 2 aromatic heterocycles. The number of hydrogen-bond acceptors (Lipinski definition) is 3. The van der Waals surface area contributed by atoms with Gasteiger partial charge in [0, 0.05) is 17.8 Å². The van der Waals surface area contributed by atoms with Crippen LogP contribution in [0.15, 0.2) is 36.0 Å². The molecule has 0 radical (unpaired) electrons. The number of imidazole rings is 1. The molecule has 1 aromatic carbocycles. The highest BCUT2D eigenvalue weighted by molar-refractivity contribution is 7.15. The van der Waals surface area contributed by atoms with Gasteiger partial charge in [0.25, 0.3) is 0 Å². The smallest absolute Gasteiger partial charge is 0.226 e. The van der Waals surface area contributed by atoms with Gasteiger partial charge >= 0.3 is 0 Å². The molecule has 0 spiro atoms. The average molecular weight is 315 g/mol. The number of halogens is 1. The first kappa shape index (κ1) is 13.5. The maximum Gasteiger partial charge on any atom is 0.226 e. The van der Waals surface area contributed by atoms with Gasteiger partial charge in [-0.05, 0) is 30.0 Å². The van der Waals surface area contributed by atoms with Crippen LogP contribution in [0.5, 0.6) is 0 Å². The molecule has 0 saturated heterocycles. The van der Waals surface area contributed by atoms with E-state index in [9.17, 15) is 9.18 Å². The van der Waals surface area contributed by atoms with Gasteiger partial charge in [0.15, 0.2) is 4.96 Å². The van der Waals surface area contributed by atoms with Crippen LogP contribution < -0.4 is 5.32 Å². The van der Waals surface area contributed by atoms with E-state index >= 15 is 0 Å². The Morgan fingerprint density at radius 3 is 3.27 bits per heavy atom. The van der Waals surface area contributed by atoms with Crippen molar-refractivity contribution in [1.82, 2.24) is 14.7 Å². The molecule has 1 amide bonds. The Labute approximate surface area is 130 Å². The van der Waals surface area contributed by atoms with Crippen molar-refractivity contribution < 1.29 is 9.18 Å². The first-order valence-corrected chi connectivity index (χ1v) is 8.06. The second kappa shape index (κ2) is 5.21. The summed E-state index contributed by atoms with van der Waals surface area (Å²) in [5, 5.41) is 4.95. The van der Waals surface area contributed by atoms with Gasteiger partial charge in [-0.15, -0.1) is 11.3 Å². The molecule has 3 aromatic rings. The number of fused-ring (bicyclic) bond motifs is 2. The van der Waals surface area contributed by atoms with Crippen LogP contribution in [-0.4, -0.2) is 15.3 Å². The van der Waals surface area contributed by atoms with Crippen LogP contribution in [0.1, 0.15) is 29.3 Å². The van der Waals surface area contributed by atoms with E-state index in [0.717, 1.165) is 28.2 Å². The minimum Gasteiger partial charge on any atom is -0.349 e.